The Balaban J connectivity index is 2.04. The zero-order chi connectivity index (χ0) is 10.9. The van der Waals surface area contributed by atoms with Gasteiger partial charge in [-0.3, -0.25) is 0 Å². The average molecular weight is 275 g/mol. The minimum atomic E-state index is 0.239. The second-order valence-electron chi connectivity index (χ2n) is 5.63. The van der Waals surface area contributed by atoms with Crippen LogP contribution in [0.4, 0.5) is 0 Å². The normalized spacial score (nSPS) is 47.0. The molecule has 0 bridgehead atoms. The van der Waals surface area contributed by atoms with Crippen LogP contribution in [0.5, 0.6) is 0 Å². The smallest absolute Gasteiger partial charge is 0.0712 e. The van der Waals surface area contributed by atoms with Crippen molar-refractivity contribution in [3.63, 3.8) is 0 Å². The van der Waals surface area contributed by atoms with Gasteiger partial charge in [0.1, 0.15) is 0 Å². The van der Waals surface area contributed by atoms with E-state index in [0.717, 1.165) is 17.2 Å². The van der Waals surface area contributed by atoms with Crippen molar-refractivity contribution in [3.05, 3.63) is 0 Å². The quantitative estimate of drug-likeness (QED) is 0.653. The lowest BCUT2D eigenvalue weighted by molar-refractivity contribution is -0.168. The second kappa shape index (κ2) is 4.75. The van der Waals surface area contributed by atoms with E-state index in [1.54, 1.807) is 0 Å². The highest BCUT2D eigenvalue weighted by Crippen LogP contribution is 2.45. The van der Waals surface area contributed by atoms with Crippen molar-refractivity contribution in [1.82, 2.24) is 0 Å². The van der Waals surface area contributed by atoms with Crippen LogP contribution in [0.2, 0.25) is 0 Å². The topological polar surface area (TPSA) is 9.23 Å². The molecular weight excluding hydrogens is 252 g/mol. The van der Waals surface area contributed by atoms with Gasteiger partial charge >= 0.3 is 0 Å². The lowest BCUT2D eigenvalue weighted by Gasteiger charge is -2.49. The number of hydrogen-bond acceptors (Lipinski definition) is 1. The molecule has 1 nitrogen and oxygen atoms in total. The number of rotatable bonds is 1. The first kappa shape index (κ1) is 11.9. The van der Waals surface area contributed by atoms with Crippen molar-refractivity contribution < 1.29 is 4.74 Å². The molecule has 4 unspecified atom stereocenters. The van der Waals surface area contributed by atoms with Gasteiger partial charge in [0.25, 0.3) is 0 Å². The molecule has 1 saturated carbocycles. The predicted molar refractivity (Wildman–Crippen MR) is 67.4 cm³/mol. The fourth-order valence-electron chi connectivity index (χ4n) is 3.41. The highest BCUT2D eigenvalue weighted by atomic mass is 79.9. The molecule has 4 atom stereocenters. The van der Waals surface area contributed by atoms with Crippen LogP contribution in [0.3, 0.4) is 0 Å². The summed E-state index contributed by atoms with van der Waals surface area (Å²) in [7, 11) is 0. The van der Waals surface area contributed by atoms with Crippen LogP contribution in [-0.4, -0.2) is 17.0 Å². The SMILES string of the molecule is CC1CCC2(CCCC(CBr)O2)C(C)C1. The standard InChI is InChI=1S/C13H23BrO/c1-10-5-7-13(11(2)8-10)6-3-4-12(9-14)15-13/h10-12H,3-9H2,1-2H3. The molecule has 2 heteroatoms. The van der Waals surface area contributed by atoms with Crippen molar-refractivity contribution in [2.24, 2.45) is 11.8 Å². The van der Waals surface area contributed by atoms with E-state index in [1.165, 1.54) is 38.5 Å². The summed E-state index contributed by atoms with van der Waals surface area (Å²) in [4.78, 5) is 0. The molecule has 0 aromatic carbocycles. The summed E-state index contributed by atoms with van der Waals surface area (Å²) in [6, 6.07) is 0. The van der Waals surface area contributed by atoms with Crippen LogP contribution in [-0.2, 0) is 4.74 Å². The third kappa shape index (κ3) is 2.41. The maximum absolute atomic E-state index is 6.38. The Morgan fingerprint density at radius 2 is 2.07 bits per heavy atom. The first-order valence-corrected chi connectivity index (χ1v) is 7.52. The average Bonchev–Trinajstić information content (AvgIpc) is 2.25. The van der Waals surface area contributed by atoms with Crippen molar-refractivity contribution >= 4 is 15.9 Å². The van der Waals surface area contributed by atoms with E-state index in [0.29, 0.717) is 6.10 Å². The second-order valence-corrected chi connectivity index (χ2v) is 6.28. The molecule has 88 valence electrons. The van der Waals surface area contributed by atoms with Crippen LogP contribution in [0.15, 0.2) is 0 Å². The summed E-state index contributed by atoms with van der Waals surface area (Å²) in [6.07, 6.45) is 8.37. The first-order valence-electron chi connectivity index (χ1n) is 6.40. The van der Waals surface area contributed by atoms with E-state index in [4.69, 9.17) is 4.74 Å². The Bertz CT molecular complexity index is 219. The van der Waals surface area contributed by atoms with Gasteiger partial charge in [-0.05, 0) is 50.4 Å². The molecule has 1 aliphatic heterocycles. The van der Waals surface area contributed by atoms with Gasteiger partial charge in [-0.2, -0.15) is 0 Å². The fourth-order valence-corrected chi connectivity index (χ4v) is 3.86. The highest BCUT2D eigenvalue weighted by molar-refractivity contribution is 9.09. The third-order valence-electron chi connectivity index (χ3n) is 4.41. The zero-order valence-corrected chi connectivity index (χ0v) is 11.6. The molecule has 1 saturated heterocycles. The molecule has 2 aliphatic rings. The molecule has 2 fully saturated rings. The molecular formula is C13H23BrO. The third-order valence-corrected chi connectivity index (χ3v) is 5.14. The summed E-state index contributed by atoms with van der Waals surface area (Å²) in [5, 5.41) is 1.01. The van der Waals surface area contributed by atoms with Crippen LogP contribution >= 0.6 is 15.9 Å². The predicted octanol–water partition coefficient (Wildman–Crippen LogP) is 4.15. The summed E-state index contributed by atoms with van der Waals surface area (Å²) < 4.78 is 6.38. The van der Waals surface area contributed by atoms with Crippen molar-refractivity contribution in [3.8, 4) is 0 Å². The number of alkyl halides is 1. The van der Waals surface area contributed by atoms with E-state index in [2.05, 4.69) is 29.8 Å². The Labute approximate surface area is 102 Å². The minimum absolute atomic E-state index is 0.239. The molecule has 0 aromatic rings. The number of hydrogen-bond donors (Lipinski definition) is 0. The molecule has 2 rings (SSSR count). The van der Waals surface area contributed by atoms with E-state index in [1.807, 2.05) is 0 Å². The van der Waals surface area contributed by atoms with Gasteiger partial charge in [0.15, 0.2) is 0 Å². The molecule has 15 heavy (non-hydrogen) atoms. The molecule has 1 spiro atoms. The number of ether oxygens (including phenoxy) is 1. The monoisotopic (exact) mass is 274 g/mol. The van der Waals surface area contributed by atoms with Gasteiger partial charge in [0, 0.05) is 5.33 Å². The van der Waals surface area contributed by atoms with Crippen LogP contribution in [0.25, 0.3) is 0 Å². The van der Waals surface area contributed by atoms with Gasteiger partial charge in [-0.15, -0.1) is 0 Å². The Kier molecular flexibility index (Phi) is 3.77. The molecule has 0 amide bonds. The lowest BCUT2D eigenvalue weighted by atomic mass is 9.69. The van der Waals surface area contributed by atoms with E-state index in [-0.39, 0.29) is 5.60 Å². The Hall–Kier alpha value is 0.440. The Morgan fingerprint density at radius 3 is 2.73 bits per heavy atom. The first-order chi connectivity index (χ1) is 7.16. The lowest BCUT2D eigenvalue weighted by Crippen LogP contribution is -2.49. The van der Waals surface area contributed by atoms with Gasteiger partial charge in [0.05, 0.1) is 11.7 Å². The van der Waals surface area contributed by atoms with Crippen molar-refractivity contribution in [1.29, 1.82) is 0 Å². The van der Waals surface area contributed by atoms with Gasteiger partial charge in [-0.1, -0.05) is 29.8 Å². The van der Waals surface area contributed by atoms with E-state index >= 15 is 0 Å². The fraction of sp³-hybridized carbons (Fsp3) is 1.00. The van der Waals surface area contributed by atoms with Crippen LogP contribution in [0.1, 0.15) is 52.4 Å². The van der Waals surface area contributed by atoms with Crippen LogP contribution in [0, 0.1) is 11.8 Å². The molecule has 1 heterocycles. The molecule has 0 radical (unpaired) electrons. The largest absolute Gasteiger partial charge is 0.371 e. The van der Waals surface area contributed by atoms with Gasteiger partial charge in [0.2, 0.25) is 0 Å². The van der Waals surface area contributed by atoms with Gasteiger partial charge < -0.3 is 4.74 Å². The van der Waals surface area contributed by atoms with Crippen LogP contribution < -0.4 is 0 Å². The maximum atomic E-state index is 6.38. The van der Waals surface area contributed by atoms with E-state index < -0.39 is 0 Å². The summed E-state index contributed by atoms with van der Waals surface area (Å²) in [5.74, 6) is 1.65. The van der Waals surface area contributed by atoms with Gasteiger partial charge in [-0.25, -0.2) is 0 Å². The summed E-state index contributed by atoms with van der Waals surface area (Å²) >= 11 is 3.57. The van der Waals surface area contributed by atoms with Crippen molar-refractivity contribution in [2.75, 3.05) is 5.33 Å². The zero-order valence-electron chi connectivity index (χ0n) is 9.97. The molecule has 0 N–H and O–H groups in total. The number of halogens is 1. The summed E-state index contributed by atoms with van der Waals surface area (Å²) in [5.41, 5.74) is 0.239. The molecule has 1 aliphatic carbocycles. The van der Waals surface area contributed by atoms with Crippen molar-refractivity contribution in [2.45, 2.75) is 64.1 Å². The molecule has 0 aromatic heterocycles. The minimum Gasteiger partial charge on any atom is -0.371 e. The Morgan fingerprint density at radius 1 is 1.27 bits per heavy atom. The highest BCUT2D eigenvalue weighted by Gasteiger charge is 2.44. The van der Waals surface area contributed by atoms with E-state index in [9.17, 15) is 0 Å². The summed E-state index contributed by atoms with van der Waals surface area (Å²) in [6.45, 7) is 4.78. The maximum Gasteiger partial charge on any atom is 0.0712 e.